The van der Waals surface area contributed by atoms with E-state index in [0.717, 1.165) is 20.4 Å². The summed E-state index contributed by atoms with van der Waals surface area (Å²) in [6, 6.07) is 4.09. The lowest BCUT2D eigenvalue weighted by Gasteiger charge is -2.33. The number of carbonyl (C=O) groups excluding carboxylic acids is 1. The van der Waals surface area contributed by atoms with Gasteiger partial charge in [-0.25, -0.2) is 4.79 Å². The van der Waals surface area contributed by atoms with Gasteiger partial charge in [0.2, 0.25) is 0 Å². The zero-order valence-electron chi connectivity index (χ0n) is 8.85. The summed E-state index contributed by atoms with van der Waals surface area (Å²) in [5, 5.41) is 2.75. The van der Waals surface area contributed by atoms with Crippen LogP contribution in [0.4, 0.5) is 10.5 Å². The molecule has 1 amide bonds. The first-order valence-electron chi connectivity index (χ1n) is 4.71. The highest BCUT2D eigenvalue weighted by Gasteiger charge is 2.34. The SMILES string of the molecule is Cc1cc(I)cc2c1NC(=O)OC2(C)C. The Kier molecular flexibility index (Phi) is 2.41. The van der Waals surface area contributed by atoms with E-state index in [2.05, 4.69) is 27.9 Å². The number of carbonyl (C=O) groups is 1. The van der Waals surface area contributed by atoms with E-state index in [1.807, 2.05) is 32.9 Å². The van der Waals surface area contributed by atoms with Gasteiger partial charge in [0.25, 0.3) is 0 Å². The monoisotopic (exact) mass is 317 g/mol. The van der Waals surface area contributed by atoms with Gasteiger partial charge in [0.15, 0.2) is 0 Å². The maximum atomic E-state index is 11.3. The summed E-state index contributed by atoms with van der Waals surface area (Å²) in [5.74, 6) is 0. The largest absolute Gasteiger partial charge is 0.438 e. The van der Waals surface area contributed by atoms with Crippen molar-refractivity contribution >= 4 is 34.4 Å². The van der Waals surface area contributed by atoms with Gasteiger partial charge in [-0.15, -0.1) is 0 Å². The van der Waals surface area contributed by atoms with Gasteiger partial charge in [0.1, 0.15) is 5.60 Å². The third kappa shape index (κ3) is 1.82. The quantitative estimate of drug-likeness (QED) is 0.745. The van der Waals surface area contributed by atoms with E-state index < -0.39 is 5.60 Å². The number of rotatable bonds is 0. The van der Waals surface area contributed by atoms with Gasteiger partial charge in [-0.1, -0.05) is 0 Å². The molecule has 1 N–H and O–H groups in total. The van der Waals surface area contributed by atoms with Crippen LogP contribution in [-0.4, -0.2) is 6.09 Å². The molecule has 0 bridgehead atoms. The van der Waals surface area contributed by atoms with Crippen molar-refractivity contribution in [2.45, 2.75) is 26.4 Å². The fraction of sp³-hybridized carbons (Fsp3) is 0.364. The van der Waals surface area contributed by atoms with Crippen LogP contribution < -0.4 is 5.32 Å². The van der Waals surface area contributed by atoms with Crippen LogP contribution in [0.25, 0.3) is 0 Å². The minimum atomic E-state index is -0.552. The predicted molar refractivity (Wildman–Crippen MR) is 67.0 cm³/mol. The van der Waals surface area contributed by atoms with Crippen LogP contribution in [0.2, 0.25) is 0 Å². The first kappa shape index (κ1) is 10.7. The second kappa shape index (κ2) is 3.37. The Bertz CT molecular complexity index is 440. The molecule has 1 heterocycles. The van der Waals surface area contributed by atoms with Crippen LogP contribution in [0.3, 0.4) is 0 Å². The van der Waals surface area contributed by atoms with Gasteiger partial charge in [0.05, 0.1) is 5.69 Å². The highest BCUT2D eigenvalue weighted by Crippen LogP contribution is 2.38. The van der Waals surface area contributed by atoms with E-state index in [4.69, 9.17) is 4.74 Å². The summed E-state index contributed by atoms with van der Waals surface area (Å²) >= 11 is 2.27. The molecule has 4 heteroatoms. The number of nitrogens with one attached hydrogen (secondary N) is 1. The number of aryl methyl sites for hydroxylation is 1. The predicted octanol–water partition coefficient (Wildman–Crippen LogP) is 3.40. The van der Waals surface area contributed by atoms with Crippen molar-refractivity contribution in [2.75, 3.05) is 5.32 Å². The van der Waals surface area contributed by atoms with Crippen molar-refractivity contribution in [3.8, 4) is 0 Å². The summed E-state index contributed by atoms with van der Waals surface area (Å²) in [4.78, 5) is 11.3. The second-order valence-corrected chi connectivity index (χ2v) is 5.42. The van der Waals surface area contributed by atoms with Gasteiger partial charge in [-0.05, 0) is 61.1 Å². The van der Waals surface area contributed by atoms with Gasteiger partial charge in [-0.2, -0.15) is 0 Å². The van der Waals surface area contributed by atoms with E-state index in [-0.39, 0.29) is 6.09 Å². The lowest BCUT2D eigenvalue weighted by molar-refractivity contribution is 0.0419. The van der Waals surface area contributed by atoms with Crippen molar-refractivity contribution < 1.29 is 9.53 Å². The standard InChI is InChI=1S/C11H12INO2/c1-6-4-7(12)5-8-9(6)13-10(14)15-11(8,2)3/h4-5H,1-3H3,(H,13,14). The molecule has 0 atom stereocenters. The zero-order chi connectivity index (χ0) is 11.2. The molecule has 15 heavy (non-hydrogen) atoms. The Morgan fingerprint density at radius 2 is 2.07 bits per heavy atom. The maximum absolute atomic E-state index is 11.3. The molecular weight excluding hydrogens is 305 g/mol. The van der Waals surface area contributed by atoms with Gasteiger partial charge >= 0.3 is 6.09 Å². The van der Waals surface area contributed by atoms with Crippen molar-refractivity contribution in [1.29, 1.82) is 0 Å². The van der Waals surface area contributed by atoms with Crippen LogP contribution in [0.1, 0.15) is 25.0 Å². The number of cyclic esters (lactones) is 1. The first-order chi connectivity index (χ1) is 6.90. The van der Waals surface area contributed by atoms with E-state index in [9.17, 15) is 4.79 Å². The molecule has 0 saturated carbocycles. The van der Waals surface area contributed by atoms with Crippen molar-refractivity contribution in [3.05, 3.63) is 26.8 Å². The molecule has 1 aromatic rings. The number of hydrogen-bond donors (Lipinski definition) is 1. The van der Waals surface area contributed by atoms with Crippen LogP contribution in [-0.2, 0) is 10.3 Å². The minimum Gasteiger partial charge on any atom is -0.438 e. The van der Waals surface area contributed by atoms with E-state index in [0.29, 0.717) is 0 Å². The molecule has 1 aromatic carbocycles. The van der Waals surface area contributed by atoms with E-state index >= 15 is 0 Å². The summed E-state index contributed by atoms with van der Waals surface area (Å²) in [6.07, 6.45) is -0.378. The van der Waals surface area contributed by atoms with Crippen molar-refractivity contribution in [2.24, 2.45) is 0 Å². The van der Waals surface area contributed by atoms with Crippen molar-refractivity contribution in [1.82, 2.24) is 0 Å². The maximum Gasteiger partial charge on any atom is 0.412 e. The molecule has 80 valence electrons. The molecule has 0 spiro atoms. The number of benzene rings is 1. The Morgan fingerprint density at radius 1 is 1.40 bits per heavy atom. The van der Waals surface area contributed by atoms with Crippen LogP contribution in [0, 0.1) is 10.5 Å². The topological polar surface area (TPSA) is 38.3 Å². The number of hydrogen-bond acceptors (Lipinski definition) is 2. The highest BCUT2D eigenvalue weighted by atomic mass is 127. The average molecular weight is 317 g/mol. The van der Waals surface area contributed by atoms with Crippen LogP contribution in [0.15, 0.2) is 12.1 Å². The fourth-order valence-corrected chi connectivity index (χ4v) is 2.58. The molecular formula is C11H12INO2. The number of ether oxygens (including phenoxy) is 1. The smallest absolute Gasteiger partial charge is 0.412 e. The van der Waals surface area contributed by atoms with Gasteiger partial charge in [-0.3, -0.25) is 5.32 Å². The lowest BCUT2D eigenvalue weighted by atomic mass is 9.93. The average Bonchev–Trinajstić information content (AvgIpc) is 2.06. The molecule has 1 aliphatic rings. The van der Waals surface area contributed by atoms with Gasteiger partial charge in [0, 0.05) is 9.13 Å². The Balaban J connectivity index is 2.67. The summed E-state index contributed by atoms with van der Waals surface area (Å²) in [5.41, 5.74) is 2.44. The minimum absolute atomic E-state index is 0.378. The number of anilines is 1. The first-order valence-corrected chi connectivity index (χ1v) is 5.78. The van der Waals surface area contributed by atoms with Gasteiger partial charge < -0.3 is 4.74 Å². The number of amides is 1. The molecule has 1 aliphatic heterocycles. The van der Waals surface area contributed by atoms with E-state index in [1.54, 1.807) is 0 Å². The number of fused-ring (bicyclic) bond motifs is 1. The highest BCUT2D eigenvalue weighted by molar-refractivity contribution is 14.1. The third-order valence-electron chi connectivity index (χ3n) is 2.52. The molecule has 0 unspecified atom stereocenters. The second-order valence-electron chi connectivity index (χ2n) is 4.17. The summed E-state index contributed by atoms with van der Waals surface area (Å²) in [6.45, 7) is 5.79. The molecule has 0 aromatic heterocycles. The normalized spacial score (nSPS) is 17.7. The number of halogens is 1. The summed E-state index contributed by atoms with van der Waals surface area (Å²) in [7, 11) is 0. The lowest BCUT2D eigenvalue weighted by Crippen LogP contribution is -2.35. The molecule has 0 radical (unpaired) electrons. The van der Waals surface area contributed by atoms with Crippen molar-refractivity contribution in [3.63, 3.8) is 0 Å². The van der Waals surface area contributed by atoms with Crippen LogP contribution >= 0.6 is 22.6 Å². The Morgan fingerprint density at radius 3 is 2.73 bits per heavy atom. The molecule has 3 nitrogen and oxygen atoms in total. The molecule has 0 saturated heterocycles. The Labute approximate surface area is 102 Å². The third-order valence-corrected chi connectivity index (χ3v) is 3.15. The molecule has 0 aliphatic carbocycles. The molecule has 0 fully saturated rings. The summed E-state index contributed by atoms with van der Waals surface area (Å²) < 4.78 is 6.41. The Hall–Kier alpha value is -0.780. The zero-order valence-corrected chi connectivity index (χ0v) is 11.0. The van der Waals surface area contributed by atoms with E-state index in [1.165, 1.54) is 0 Å². The molecule has 2 rings (SSSR count). The van der Waals surface area contributed by atoms with Crippen LogP contribution in [0.5, 0.6) is 0 Å². The fourth-order valence-electron chi connectivity index (χ4n) is 1.80.